The predicted molar refractivity (Wildman–Crippen MR) is 73.2 cm³/mol. The third-order valence-corrected chi connectivity index (χ3v) is 3.09. The van der Waals surface area contributed by atoms with Crippen molar-refractivity contribution in [3.8, 4) is 5.75 Å². The Labute approximate surface area is 124 Å². The zero-order chi connectivity index (χ0) is 15.5. The van der Waals surface area contributed by atoms with E-state index in [9.17, 15) is 13.2 Å². The maximum atomic E-state index is 13.0. The summed E-state index contributed by atoms with van der Waals surface area (Å²) in [6, 6.07) is 10.1. The van der Waals surface area contributed by atoms with Crippen molar-refractivity contribution in [1.29, 1.82) is 0 Å². The van der Waals surface area contributed by atoms with Gasteiger partial charge in [0.05, 0.1) is 12.2 Å². The van der Waals surface area contributed by atoms with Crippen LogP contribution in [-0.2, 0) is 19.4 Å². The maximum Gasteiger partial charge on any atom is 0.419 e. The van der Waals surface area contributed by atoms with Gasteiger partial charge in [0.25, 0.3) is 0 Å². The quantitative estimate of drug-likeness (QED) is 0.904. The molecule has 112 valence electrons. The molecule has 0 aliphatic heterocycles. The average Bonchev–Trinajstić information content (AvgIpc) is 2.45. The molecule has 1 N–H and O–H groups in total. The third kappa shape index (κ3) is 4.12. The van der Waals surface area contributed by atoms with E-state index in [1.165, 1.54) is 12.1 Å². The van der Waals surface area contributed by atoms with Gasteiger partial charge in [-0.3, -0.25) is 0 Å². The third-order valence-electron chi connectivity index (χ3n) is 2.84. The molecule has 2 rings (SSSR count). The number of aliphatic hydroxyl groups excluding tert-OH is 1. The van der Waals surface area contributed by atoms with Gasteiger partial charge in [0, 0.05) is 5.02 Å². The molecule has 0 radical (unpaired) electrons. The van der Waals surface area contributed by atoms with Crippen molar-refractivity contribution in [2.45, 2.75) is 19.4 Å². The first-order valence-corrected chi connectivity index (χ1v) is 6.46. The second-order valence-corrected chi connectivity index (χ2v) is 4.84. The van der Waals surface area contributed by atoms with Gasteiger partial charge in [0.1, 0.15) is 12.4 Å². The molecule has 0 fully saturated rings. The molecule has 21 heavy (non-hydrogen) atoms. The number of aliphatic hydroxyl groups is 1. The van der Waals surface area contributed by atoms with Gasteiger partial charge < -0.3 is 9.84 Å². The van der Waals surface area contributed by atoms with Crippen LogP contribution >= 0.6 is 11.6 Å². The fourth-order valence-electron chi connectivity index (χ4n) is 1.76. The van der Waals surface area contributed by atoms with Crippen molar-refractivity contribution in [3.63, 3.8) is 0 Å². The number of alkyl halides is 3. The summed E-state index contributed by atoms with van der Waals surface area (Å²) in [5.74, 6) is -0.269. The van der Waals surface area contributed by atoms with Gasteiger partial charge in [-0.05, 0) is 35.4 Å². The van der Waals surface area contributed by atoms with Gasteiger partial charge in [-0.1, -0.05) is 29.8 Å². The van der Waals surface area contributed by atoms with E-state index in [1.807, 2.05) is 0 Å². The van der Waals surface area contributed by atoms with Gasteiger partial charge in [0.15, 0.2) is 0 Å². The Kier molecular flexibility index (Phi) is 4.75. The Balaban J connectivity index is 2.21. The van der Waals surface area contributed by atoms with E-state index >= 15 is 0 Å². The van der Waals surface area contributed by atoms with Gasteiger partial charge in [-0.2, -0.15) is 13.2 Å². The molecule has 0 atom stereocenters. The van der Waals surface area contributed by atoms with Crippen molar-refractivity contribution in [2.75, 3.05) is 0 Å². The molecule has 2 aromatic rings. The Bertz CT molecular complexity index is 609. The Hall–Kier alpha value is -1.72. The highest BCUT2D eigenvalue weighted by Gasteiger charge is 2.34. The molecular formula is C15H12ClF3O2. The molecule has 0 saturated heterocycles. The highest BCUT2D eigenvalue weighted by Crippen LogP contribution is 2.37. The van der Waals surface area contributed by atoms with Crippen LogP contribution in [0.5, 0.6) is 5.75 Å². The summed E-state index contributed by atoms with van der Waals surface area (Å²) in [6.07, 6.45) is -4.54. The van der Waals surface area contributed by atoms with Crippen molar-refractivity contribution in [1.82, 2.24) is 0 Å². The average molecular weight is 317 g/mol. The number of hydrogen-bond acceptors (Lipinski definition) is 2. The molecule has 0 bridgehead atoms. The van der Waals surface area contributed by atoms with Gasteiger partial charge in [0.2, 0.25) is 0 Å². The van der Waals surface area contributed by atoms with Crippen LogP contribution in [-0.4, -0.2) is 5.11 Å². The molecular weight excluding hydrogens is 305 g/mol. The molecule has 2 nitrogen and oxygen atoms in total. The fraction of sp³-hybridized carbons (Fsp3) is 0.200. The number of hydrogen-bond donors (Lipinski definition) is 1. The van der Waals surface area contributed by atoms with E-state index in [2.05, 4.69) is 0 Å². The molecule has 0 amide bonds. The number of benzene rings is 2. The first-order valence-electron chi connectivity index (χ1n) is 6.08. The molecule has 0 aliphatic rings. The Morgan fingerprint density at radius 3 is 2.19 bits per heavy atom. The van der Waals surface area contributed by atoms with Crippen molar-refractivity contribution in [2.24, 2.45) is 0 Å². The maximum absolute atomic E-state index is 13.0. The number of rotatable bonds is 4. The zero-order valence-electron chi connectivity index (χ0n) is 10.8. The molecule has 0 saturated carbocycles. The monoisotopic (exact) mass is 316 g/mol. The summed E-state index contributed by atoms with van der Waals surface area (Å²) >= 11 is 5.73. The van der Waals surface area contributed by atoms with Crippen LogP contribution in [0.2, 0.25) is 5.02 Å². The molecule has 0 unspecified atom stereocenters. The van der Waals surface area contributed by atoms with Crippen molar-refractivity contribution < 1.29 is 23.0 Å². The first-order chi connectivity index (χ1) is 9.90. The normalized spacial score (nSPS) is 11.5. The largest absolute Gasteiger partial charge is 0.488 e. The van der Waals surface area contributed by atoms with Crippen LogP contribution in [0.1, 0.15) is 16.7 Å². The van der Waals surface area contributed by atoms with E-state index in [-0.39, 0.29) is 17.9 Å². The van der Waals surface area contributed by atoms with E-state index in [0.29, 0.717) is 10.6 Å². The van der Waals surface area contributed by atoms with Gasteiger partial charge >= 0.3 is 6.18 Å². The van der Waals surface area contributed by atoms with Crippen LogP contribution in [0.25, 0.3) is 0 Å². The summed E-state index contributed by atoms with van der Waals surface area (Å²) in [5.41, 5.74) is -0.0112. The Morgan fingerprint density at radius 1 is 1.00 bits per heavy atom. The van der Waals surface area contributed by atoms with Crippen LogP contribution < -0.4 is 4.74 Å². The second kappa shape index (κ2) is 6.37. The van der Waals surface area contributed by atoms with Gasteiger partial charge in [-0.15, -0.1) is 0 Å². The molecule has 0 heterocycles. The van der Waals surface area contributed by atoms with Crippen LogP contribution in [0.4, 0.5) is 13.2 Å². The van der Waals surface area contributed by atoms with E-state index in [4.69, 9.17) is 21.4 Å². The fourth-order valence-corrected chi connectivity index (χ4v) is 1.89. The smallest absolute Gasteiger partial charge is 0.419 e. The predicted octanol–water partition coefficient (Wildman–Crippen LogP) is 4.43. The van der Waals surface area contributed by atoms with Crippen LogP contribution in [0.3, 0.4) is 0 Å². The lowest BCUT2D eigenvalue weighted by Crippen LogP contribution is -2.09. The summed E-state index contributed by atoms with van der Waals surface area (Å²) in [5, 5.41) is 9.48. The van der Waals surface area contributed by atoms with E-state index < -0.39 is 18.3 Å². The van der Waals surface area contributed by atoms with Crippen molar-refractivity contribution >= 4 is 11.6 Å². The van der Waals surface area contributed by atoms with Crippen LogP contribution in [0.15, 0.2) is 42.5 Å². The summed E-state index contributed by atoms with van der Waals surface area (Å²) in [7, 11) is 0. The number of ether oxygens (including phenoxy) is 1. The van der Waals surface area contributed by atoms with Gasteiger partial charge in [-0.25, -0.2) is 0 Å². The molecule has 0 spiro atoms. The highest BCUT2D eigenvalue weighted by molar-refractivity contribution is 6.30. The number of halogens is 4. The lowest BCUT2D eigenvalue weighted by Gasteiger charge is -2.15. The summed E-state index contributed by atoms with van der Waals surface area (Å²) < 4.78 is 44.1. The summed E-state index contributed by atoms with van der Waals surface area (Å²) in [4.78, 5) is 0. The minimum atomic E-state index is -4.54. The molecule has 0 aliphatic carbocycles. The molecule has 0 aromatic heterocycles. The highest BCUT2D eigenvalue weighted by atomic mass is 35.5. The standard InChI is InChI=1S/C15H12ClF3O2/c16-12-4-1-10(2-5-12)9-21-14-6-3-11(8-20)7-13(14)15(17,18)19/h1-7,20H,8-9H2. The first kappa shape index (κ1) is 15.7. The summed E-state index contributed by atoms with van der Waals surface area (Å²) in [6.45, 7) is -0.459. The SMILES string of the molecule is OCc1ccc(OCc2ccc(Cl)cc2)c(C(F)(F)F)c1. The van der Waals surface area contributed by atoms with E-state index in [1.54, 1.807) is 24.3 Å². The molecule has 6 heteroatoms. The molecule has 2 aromatic carbocycles. The topological polar surface area (TPSA) is 29.5 Å². The van der Waals surface area contributed by atoms with Crippen LogP contribution in [0, 0.1) is 0 Å². The Morgan fingerprint density at radius 2 is 1.62 bits per heavy atom. The zero-order valence-corrected chi connectivity index (χ0v) is 11.6. The van der Waals surface area contributed by atoms with Crippen molar-refractivity contribution in [3.05, 3.63) is 64.2 Å². The minimum Gasteiger partial charge on any atom is -0.488 e. The lowest BCUT2D eigenvalue weighted by molar-refractivity contribution is -0.139. The minimum absolute atomic E-state index is 0.00127. The van der Waals surface area contributed by atoms with E-state index in [0.717, 1.165) is 6.07 Å². The second-order valence-electron chi connectivity index (χ2n) is 4.40. The lowest BCUT2D eigenvalue weighted by atomic mass is 10.1.